The second kappa shape index (κ2) is 7.59. The molecule has 1 spiro atoms. The van der Waals surface area contributed by atoms with Crippen LogP contribution in [0.2, 0.25) is 10.0 Å². The lowest BCUT2D eigenvalue weighted by molar-refractivity contribution is -0.155. The Morgan fingerprint density at radius 1 is 1.35 bits per heavy atom. The summed E-state index contributed by atoms with van der Waals surface area (Å²) < 4.78 is 11.2. The zero-order chi connectivity index (χ0) is 18.9. The number of hydrogen-bond donors (Lipinski definition) is 1. The minimum absolute atomic E-state index is 0.135. The molecule has 7 heteroatoms. The van der Waals surface area contributed by atoms with Gasteiger partial charge in [-0.05, 0) is 50.2 Å². The average molecular weight is 399 g/mol. The van der Waals surface area contributed by atoms with Crippen LogP contribution in [0.4, 0.5) is 0 Å². The lowest BCUT2D eigenvalue weighted by atomic mass is 9.76. The van der Waals surface area contributed by atoms with Crippen LogP contribution in [-0.4, -0.2) is 29.3 Å². The molecular formula is C19H20Cl2O5. The van der Waals surface area contributed by atoms with Crippen LogP contribution in [0.5, 0.6) is 0 Å². The van der Waals surface area contributed by atoms with Crippen molar-refractivity contribution >= 4 is 40.7 Å². The summed E-state index contributed by atoms with van der Waals surface area (Å²) in [4.78, 5) is 24.4. The van der Waals surface area contributed by atoms with Gasteiger partial charge < -0.3 is 14.6 Å². The molecule has 1 N–H and O–H groups in total. The van der Waals surface area contributed by atoms with Crippen LogP contribution < -0.4 is 0 Å². The van der Waals surface area contributed by atoms with Gasteiger partial charge in [-0.3, -0.25) is 4.79 Å². The highest BCUT2D eigenvalue weighted by atomic mass is 35.5. The normalized spacial score (nSPS) is 25.5. The lowest BCUT2D eigenvalue weighted by Crippen LogP contribution is -2.38. The molecule has 0 amide bonds. The van der Waals surface area contributed by atoms with Crippen LogP contribution >= 0.6 is 23.2 Å². The Bertz CT molecular complexity index is 763. The smallest absolute Gasteiger partial charge is 0.343 e. The lowest BCUT2D eigenvalue weighted by Gasteiger charge is -2.36. The molecule has 1 aromatic rings. The Kier molecular flexibility index (Phi) is 5.61. The molecule has 1 aliphatic heterocycles. The third kappa shape index (κ3) is 3.61. The predicted molar refractivity (Wildman–Crippen MR) is 97.6 cm³/mol. The highest BCUT2D eigenvalue weighted by Gasteiger charge is 2.52. The van der Waals surface area contributed by atoms with E-state index in [0.29, 0.717) is 40.8 Å². The minimum Gasteiger partial charge on any atom is -0.447 e. The van der Waals surface area contributed by atoms with E-state index in [0.717, 1.165) is 12.8 Å². The zero-order valence-electron chi connectivity index (χ0n) is 14.4. The third-order valence-electron chi connectivity index (χ3n) is 5.03. The fourth-order valence-corrected chi connectivity index (χ4v) is 4.25. The van der Waals surface area contributed by atoms with Crippen molar-refractivity contribution in [2.75, 3.05) is 6.61 Å². The number of hydrogen-bond acceptors (Lipinski definition) is 5. The second-order valence-electron chi connectivity index (χ2n) is 6.76. The van der Waals surface area contributed by atoms with Gasteiger partial charge >= 0.3 is 11.9 Å². The van der Waals surface area contributed by atoms with E-state index in [1.54, 1.807) is 12.1 Å². The first-order valence-corrected chi connectivity index (χ1v) is 9.34. The molecule has 1 saturated carbocycles. The summed E-state index contributed by atoms with van der Waals surface area (Å²) in [5.74, 6) is -0.462. The van der Waals surface area contributed by atoms with Gasteiger partial charge in [-0.2, -0.15) is 0 Å². The quantitative estimate of drug-likeness (QED) is 0.771. The van der Waals surface area contributed by atoms with Crippen LogP contribution in [0.15, 0.2) is 24.0 Å². The molecule has 0 bridgehead atoms. The average Bonchev–Trinajstić information content (AvgIpc) is 2.82. The maximum absolute atomic E-state index is 12.7. The molecular weight excluding hydrogens is 379 g/mol. The molecule has 0 atom stereocenters. The van der Waals surface area contributed by atoms with Crippen molar-refractivity contribution in [3.63, 3.8) is 0 Å². The van der Waals surface area contributed by atoms with Gasteiger partial charge in [0, 0.05) is 24.1 Å². The monoisotopic (exact) mass is 398 g/mol. The van der Waals surface area contributed by atoms with Gasteiger partial charge in [0.15, 0.2) is 11.4 Å². The number of aliphatic hydroxyl groups is 1. The second-order valence-corrected chi connectivity index (χ2v) is 7.61. The van der Waals surface area contributed by atoms with E-state index < -0.39 is 17.5 Å². The third-order valence-corrected chi connectivity index (χ3v) is 5.58. The Morgan fingerprint density at radius 3 is 2.62 bits per heavy atom. The fraction of sp³-hybridized carbons (Fsp3) is 0.474. The van der Waals surface area contributed by atoms with Gasteiger partial charge in [-0.15, -0.1) is 0 Å². The van der Waals surface area contributed by atoms with Gasteiger partial charge in [0.1, 0.15) is 5.57 Å². The SMILES string of the molecule is CC(=O)OC1=C(c2ccc(Cl)cc2Cl)C(=O)OC12CCC(CCO)CC2. The Morgan fingerprint density at radius 2 is 2.04 bits per heavy atom. The van der Waals surface area contributed by atoms with Gasteiger partial charge in [-0.25, -0.2) is 4.79 Å². The number of carbonyl (C=O) groups excluding carboxylic acids is 2. The molecule has 26 heavy (non-hydrogen) atoms. The molecule has 3 rings (SSSR count). The number of ether oxygens (including phenoxy) is 2. The van der Waals surface area contributed by atoms with E-state index in [-0.39, 0.29) is 17.9 Å². The summed E-state index contributed by atoms with van der Waals surface area (Å²) >= 11 is 12.2. The van der Waals surface area contributed by atoms with Gasteiger partial charge in [-0.1, -0.05) is 29.3 Å². The van der Waals surface area contributed by atoms with E-state index in [1.165, 1.54) is 13.0 Å². The molecule has 140 valence electrons. The number of halogens is 2. The maximum atomic E-state index is 12.7. The van der Waals surface area contributed by atoms with E-state index in [2.05, 4.69) is 0 Å². The predicted octanol–water partition coefficient (Wildman–Crippen LogP) is 4.14. The first-order valence-electron chi connectivity index (χ1n) is 8.59. The first kappa shape index (κ1) is 19.2. The fourth-order valence-electron chi connectivity index (χ4n) is 3.75. The maximum Gasteiger partial charge on any atom is 0.343 e. The molecule has 1 heterocycles. The van der Waals surface area contributed by atoms with Crippen LogP contribution in [0.25, 0.3) is 5.57 Å². The Labute approximate surface area is 161 Å². The summed E-state index contributed by atoms with van der Waals surface area (Å²) in [5, 5.41) is 9.88. The molecule has 5 nitrogen and oxygen atoms in total. The summed E-state index contributed by atoms with van der Waals surface area (Å²) in [5.41, 5.74) is -0.332. The molecule has 0 radical (unpaired) electrons. The van der Waals surface area contributed by atoms with Crippen molar-refractivity contribution in [3.8, 4) is 0 Å². The van der Waals surface area contributed by atoms with Crippen molar-refractivity contribution in [1.29, 1.82) is 0 Å². The summed E-state index contributed by atoms with van der Waals surface area (Å²) in [6, 6.07) is 4.78. The first-order chi connectivity index (χ1) is 12.4. The van der Waals surface area contributed by atoms with E-state index >= 15 is 0 Å². The summed E-state index contributed by atoms with van der Waals surface area (Å²) in [7, 11) is 0. The number of carbonyl (C=O) groups is 2. The number of rotatable bonds is 4. The molecule has 2 aliphatic rings. The number of benzene rings is 1. The zero-order valence-corrected chi connectivity index (χ0v) is 15.9. The molecule has 1 fully saturated rings. The standard InChI is InChI=1S/C19H20Cl2O5/c1-11(23)25-17-16(14-3-2-13(20)10-15(14)21)18(24)26-19(17)7-4-12(5-8-19)6-9-22/h2-3,10,12,22H,4-9H2,1H3. The molecule has 1 aromatic carbocycles. The van der Waals surface area contributed by atoms with Crippen molar-refractivity contribution in [1.82, 2.24) is 0 Å². The summed E-state index contributed by atoms with van der Waals surface area (Å²) in [6.07, 6.45) is 3.36. The largest absolute Gasteiger partial charge is 0.447 e. The van der Waals surface area contributed by atoms with Gasteiger partial charge in [0.05, 0.1) is 5.02 Å². The van der Waals surface area contributed by atoms with Crippen LogP contribution in [0.3, 0.4) is 0 Å². The van der Waals surface area contributed by atoms with Crippen molar-refractivity contribution in [3.05, 3.63) is 39.6 Å². The number of esters is 2. The molecule has 0 unspecified atom stereocenters. The van der Waals surface area contributed by atoms with E-state index in [4.69, 9.17) is 37.8 Å². The highest BCUT2D eigenvalue weighted by Crippen LogP contribution is 2.49. The van der Waals surface area contributed by atoms with Crippen molar-refractivity contribution in [2.45, 2.75) is 44.6 Å². The van der Waals surface area contributed by atoms with E-state index in [1.807, 2.05) is 0 Å². The highest BCUT2D eigenvalue weighted by molar-refractivity contribution is 6.37. The van der Waals surface area contributed by atoms with Crippen LogP contribution in [0, 0.1) is 5.92 Å². The Hall–Kier alpha value is -1.56. The molecule has 1 aliphatic carbocycles. The van der Waals surface area contributed by atoms with E-state index in [9.17, 15) is 9.59 Å². The van der Waals surface area contributed by atoms with Gasteiger partial charge in [0.2, 0.25) is 0 Å². The van der Waals surface area contributed by atoms with Gasteiger partial charge in [0.25, 0.3) is 0 Å². The topological polar surface area (TPSA) is 72.8 Å². The molecule has 0 aromatic heterocycles. The number of aliphatic hydroxyl groups excluding tert-OH is 1. The summed E-state index contributed by atoms with van der Waals surface area (Å²) in [6.45, 7) is 1.43. The Balaban J connectivity index is 2.03. The molecule has 0 saturated heterocycles. The minimum atomic E-state index is -0.951. The van der Waals surface area contributed by atoms with Crippen molar-refractivity contribution < 1.29 is 24.2 Å². The van der Waals surface area contributed by atoms with Crippen molar-refractivity contribution in [2.24, 2.45) is 5.92 Å². The van der Waals surface area contributed by atoms with Crippen LogP contribution in [0.1, 0.15) is 44.6 Å². The van der Waals surface area contributed by atoms with Crippen LogP contribution in [-0.2, 0) is 19.1 Å².